The van der Waals surface area contributed by atoms with Crippen LogP contribution in [-0.4, -0.2) is 20.7 Å². The highest BCUT2D eigenvalue weighted by molar-refractivity contribution is 6.31. The van der Waals surface area contributed by atoms with Crippen LogP contribution in [-0.2, 0) is 11.3 Å². The number of hydrogen-bond donors (Lipinski definition) is 1. The van der Waals surface area contributed by atoms with E-state index in [1.54, 1.807) is 10.9 Å². The van der Waals surface area contributed by atoms with Crippen LogP contribution < -0.4 is 5.32 Å². The third-order valence-corrected chi connectivity index (χ3v) is 4.21. The van der Waals surface area contributed by atoms with Gasteiger partial charge in [0, 0.05) is 12.1 Å². The zero-order valence-corrected chi connectivity index (χ0v) is 12.8. The van der Waals surface area contributed by atoms with Gasteiger partial charge in [0.1, 0.15) is 6.54 Å². The Labute approximate surface area is 128 Å². The van der Waals surface area contributed by atoms with Crippen molar-refractivity contribution in [2.75, 3.05) is 5.32 Å². The molecule has 0 spiro atoms. The second-order valence-electron chi connectivity index (χ2n) is 5.40. The molecule has 1 amide bonds. The molecular formula is C15H17ClN4O. The number of aromatic nitrogens is 3. The lowest BCUT2D eigenvalue weighted by atomic mass is 10.2. The van der Waals surface area contributed by atoms with Crippen LogP contribution >= 0.6 is 11.6 Å². The number of anilines is 1. The molecule has 0 unspecified atom stereocenters. The molecule has 0 bridgehead atoms. The number of hydrogen-bond acceptors (Lipinski definition) is 3. The van der Waals surface area contributed by atoms with Crippen LogP contribution in [0.5, 0.6) is 0 Å². The van der Waals surface area contributed by atoms with Crippen molar-refractivity contribution in [1.82, 2.24) is 14.8 Å². The molecule has 0 saturated heterocycles. The number of pyridine rings is 1. The van der Waals surface area contributed by atoms with Crippen LogP contribution in [0.25, 0.3) is 0 Å². The van der Waals surface area contributed by atoms with E-state index in [1.165, 1.54) is 0 Å². The Balaban J connectivity index is 1.73. The van der Waals surface area contributed by atoms with Crippen molar-refractivity contribution in [3.8, 4) is 0 Å². The lowest BCUT2D eigenvalue weighted by Gasteiger charge is -2.10. The summed E-state index contributed by atoms with van der Waals surface area (Å²) in [5.74, 6) is 0.372. The molecule has 0 radical (unpaired) electrons. The fraction of sp³-hybridized carbons (Fsp3) is 0.400. The van der Waals surface area contributed by atoms with Gasteiger partial charge in [-0.2, -0.15) is 5.10 Å². The summed E-state index contributed by atoms with van der Waals surface area (Å²) in [7, 11) is 0. The number of carbonyl (C=O) groups excluding carboxylic acids is 1. The molecule has 110 valence electrons. The number of amides is 1. The van der Waals surface area contributed by atoms with E-state index < -0.39 is 0 Å². The summed E-state index contributed by atoms with van der Waals surface area (Å²) in [6, 6.07) is 3.73. The molecule has 2 aromatic rings. The average Bonchev–Trinajstić information content (AvgIpc) is 3.26. The Kier molecular flexibility index (Phi) is 3.68. The molecule has 1 aliphatic rings. The van der Waals surface area contributed by atoms with Crippen molar-refractivity contribution in [1.29, 1.82) is 0 Å². The first kappa shape index (κ1) is 14.1. The molecule has 1 aliphatic carbocycles. The van der Waals surface area contributed by atoms with Gasteiger partial charge in [-0.15, -0.1) is 0 Å². The van der Waals surface area contributed by atoms with Crippen LogP contribution in [0, 0.1) is 13.8 Å². The molecule has 2 heterocycles. The van der Waals surface area contributed by atoms with Crippen molar-refractivity contribution < 1.29 is 4.79 Å². The van der Waals surface area contributed by atoms with E-state index in [-0.39, 0.29) is 12.5 Å². The topological polar surface area (TPSA) is 59.8 Å². The fourth-order valence-corrected chi connectivity index (χ4v) is 2.50. The van der Waals surface area contributed by atoms with Crippen molar-refractivity contribution >= 4 is 23.2 Å². The van der Waals surface area contributed by atoms with Crippen LogP contribution in [0.3, 0.4) is 0 Å². The number of nitrogens with one attached hydrogen (secondary N) is 1. The number of halogens is 1. The maximum atomic E-state index is 12.2. The third kappa shape index (κ3) is 2.93. The summed E-state index contributed by atoms with van der Waals surface area (Å²) in [4.78, 5) is 16.6. The molecule has 0 aliphatic heterocycles. The maximum Gasteiger partial charge on any atom is 0.246 e. The van der Waals surface area contributed by atoms with E-state index in [0.717, 1.165) is 35.6 Å². The zero-order valence-electron chi connectivity index (χ0n) is 12.1. The van der Waals surface area contributed by atoms with Gasteiger partial charge in [0.25, 0.3) is 0 Å². The van der Waals surface area contributed by atoms with Gasteiger partial charge in [0.2, 0.25) is 5.91 Å². The maximum absolute atomic E-state index is 12.2. The van der Waals surface area contributed by atoms with Crippen molar-refractivity contribution in [3.63, 3.8) is 0 Å². The molecule has 0 aromatic carbocycles. The summed E-state index contributed by atoms with van der Waals surface area (Å²) in [5, 5.41) is 7.81. The normalized spacial score (nSPS) is 14.2. The van der Waals surface area contributed by atoms with E-state index in [4.69, 9.17) is 11.6 Å². The van der Waals surface area contributed by atoms with Gasteiger partial charge in [-0.05, 0) is 38.8 Å². The molecule has 5 nitrogen and oxygen atoms in total. The first-order valence-corrected chi connectivity index (χ1v) is 7.38. The van der Waals surface area contributed by atoms with Gasteiger partial charge in [0.15, 0.2) is 0 Å². The minimum atomic E-state index is -0.118. The largest absolute Gasteiger partial charge is 0.323 e. The Morgan fingerprint density at radius 2 is 2.24 bits per heavy atom. The Hall–Kier alpha value is -1.88. The summed E-state index contributed by atoms with van der Waals surface area (Å²) < 4.78 is 1.63. The van der Waals surface area contributed by atoms with Crippen LogP contribution in [0.4, 0.5) is 5.69 Å². The Bertz CT molecular complexity index is 691. The number of carbonyl (C=O) groups is 1. The quantitative estimate of drug-likeness (QED) is 0.944. The predicted octanol–water partition coefficient (Wildman–Crippen LogP) is 3.06. The monoisotopic (exact) mass is 304 g/mol. The zero-order chi connectivity index (χ0) is 15.0. The van der Waals surface area contributed by atoms with Gasteiger partial charge < -0.3 is 5.32 Å². The van der Waals surface area contributed by atoms with Crippen molar-refractivity contribution in [3.05, 3.63) is 40.4 Å². The standard InChI is InChI=1S/C15H17ClN4O/c1-9-14(16)10(2)20(19-9)8-13(21)18-12-4-3-7-17-15(12)11-5-6-11/h3-4,7,11H,5-6,8H2,1-2H3,(H,18,21). The first-order valence-electron chi connectivity index (χ1n) is 7.00. The Morgan fingerprint density at radius 3 is 2.86 bits per heavy atom. The molecule has 1 saturated carbocycles. The minimum Gasteiger partial charge on any atom is -0.323 e. The van der Waals surface area contributed by atoms with E-state index in [9.17, 15) is 4.79 Å². The molecule has 0 atom stereocenters. The Morgan fingerprint density at radius 1 is 1.48 bits per heavy atom. The van der Waals surface area contributed by atoms with Gasteiger partial charge >= 0.3 is 0 Å². The van der Waals surface area contributed by atoms with E-state index in [1.807, 2.05) is 26.0 Å². The predicted molar refractivity (Wildman–Crippen MR) is 81.6 cm³/mol. The second kappa shape index (κ2) is 5.48. The summed E-state index contributed by atoms with van der Waals surface area (Å²) in [6.45, 7) is 3.84. The molecule has 6 heteroatoms. The molecule has 2 aromatic heterocycles. The lowest BCUT2D eigenvalue weighted by molar-refractivity contribution is -0.116. The molecule has 1 N–H and O–H groups in total. The number of rotatable bonds is 4. The highest BCUT2D eigenvalue weighted by Crippen LogP contribution is 2.41. The first-order chi connectivity index (χ1) is 10.1. The highest BCUT2D eigenvalue weighted by Gasteiger charge is 2.27. The van der Waals surface area contributed by atoms with E-state index >= 15 is 0 Å². The third-order valence-electron chi connectivity index (χ3n) is 3.66. The smallest absolute Gasteiger partial charge is 0.246 e. The molecule has 21 heavy (non-hydrogen) atoms. The molecule has 3 rings (SSSR count). The number of aryl methyl sites for hydroxylation is 1. The molecule has 1 fully saturated rings. The van der Waals surface area contributed by atoms with Crippen LogP contribution in [0.2, 0.25) is 5.02 Å². The van der Waals surface area contributed by atoms with Gasteiger partial charge in [-0.25, -0.2) is 0 Å². The van der Waals surface area contributed by atoms with E-state index in [2.05, 4.69) is 15.4 Å². The van der Waals surface area contributed by atoms with Gasteiger partial charge in [0.05, 0.1) is 27.8 Å². The van der Waals surface area contributed by atoms with Crippen LogP contribution in [0.15, 0.2) is 18.3 Å². The summed E-state index contributed by atoms with van der Waals surface area (Å²) in [5.41, 5.74) is 3.33. The number of nitrogens with zero attached hydrogens (tertiary/aromatic N) is 3. The SMILES string of the molecule is Cc1nn(CC(=O)Nc2cccnc2C2CC2)c(C)c1Cl. The lowest BCUT2D eigenvalue weighted by Crippen LogP contribution is -2.21. The van der Waals surface area contributed by atoms with Crippen LogP contribution in [0.1, 0.15) is 35.8 Å². The average molecular weight is 305 g/mol. The van der Waals surface area contributed by atoms with Crippen molar-refractivity contribution in [2.24, 2.45) is 0 Å². The molecular weight excluding hydrogens is 288 g/mol. The fourth-order valence-electron chi connectivity index (χ4n) is 2.36. The second-order valence-corrected chi connectivity index (χ2v) is 5.78. The minimum absolute atomic E-state index is 0.118. The van der Waals surface area contributed by atoms with Gasteiger partial charge in [-0.1, -0.05) is 11.6 Å². The van der Waals surface area contributed by atoms with E-state index in [0.29, 0.717) is 10.9 Å². The summed E-state index contributed by atoms with van der Waals surface area (Å²) >= 11 is 6.09. The highest BCUT2D eigenvalue weighted by atomic mass is 35.5. The summed E-state index contributed by atoms with van der Waals surface area (Å²) in [6.07, 6.45) is 4.06. The van der Waals surface area contributed by atoms with Gasteiger partial charge in [-0.3, -0.25) is 14.5 Å². The van der Waals surface area contributed by atoms with Crippen molar-refractivity contribution in [2.45, 2.75) is 39.2 Å².